The molecule has 1 atom stereocenters. The zero-order valence-corrected chi connectivity index (χ0v) is 8.44. The Morgan fingerprint density at radius 2 is 2.31 bits per heavy atom. The molecule has 0 aliphatic carbocycles. The summed E-state index contributed by atoms with van der Waals surface area (Å²) in [6.07, 6.45) is 1.66. The Balaban J connectivity index is 2.47. The molecule has 1 unspecified atom stereocenters. The van der Waals surface area contributed by atoms with E-state index in [9.17, 15) is 19.6 Å². The molecule has 86 valence electrons. The number of nitrogens with one attached hydrogen (secondary N) is 1. The van der Waals surface area contributed by atoms with E-state index in [1.54, 1.807) is 0 Å². The molecule has 0 spiro atoms. The third-order valence-corrected chi connectivity index (χ3v) is 2.72. The van der Waals surface area contributed by atoms with Crippen molar-refractivity contribution in [3.63, 3.8) is 0 Å². The second-order valence-corrected chi connectivity index (χ2v) is 3.77. The molecule has 1 aromatic rings. The van der Waals surface area contributed by atoms with Gasteiger partial charge in [-0.25, -0.2) is 4.39 Å². The maximum atomic E-state index is 13.2. The van der Waals surface area contributed by atoms with E-state index in [0.717, 1.165) is 31.5 Å². The SMILES string of the molecule is O=[N+]([O-])c1cc(F)cc(C2CCCN2)c1O. The van der Waals surface area contributed by atoms with Crippen molar-refractivity contribution in [1.29, 1.82) is 0 Å². The number of phenolic OH excluding ortho intramolecular Hbond substituents is 1. The molecule has 0 saturated carbocycles. The van der Waals surface area contributed by atoms with Crippen LogP contribution in [-0.2, 0) is 0 Å². The van der Waals surface area contributed by atoms with Gasteiger partial charge in [-0.15, -0.1) is 0 Å². The van der Waals surface area contributed by atoms with Gasteiger partial charge in [0.1, 0.15) is 5.82 Å². The molecule has 1 aliphatic heterocycles. The molecule has 1 heterocycles. The van der Waals surface area contributed by atoms with Crippen LogP contribution < -0.4 is 5.32 Å². The van der Waals surface area contributed by atoms with E-state index in [2.05, 4.69) is 5.32 Å². The highest BCUT2D eigenvalue weighted by Crippen LogP contribution is 2.37. The zero-order valence-electron chi connectivity index (χ0n) is 8.44. The Bertz CT molecular complexity index is 430. The van der Waals surface area contributed by atoms with Gasteiger partial charge in [-0.3, -0.25) is 10.1 Å². The van der Waals surface area contributed by atoms with E-state index in [0.29, 0.717) is 0 Å². The lowest BCUT2D eigenvalue weighted by Crippen LogP contribution is -2.13. The van der Waals surface area contributed by atoms with Crippen molar-refractivity contribution in [2.45, 2.75) is 18.9 Å². The average Bonchev–Trinajstić information content (AvgIpc) is 2.73. The van der Waals surface area contributed by atoms with Gasteiger partial charge in [-0.05, 0) is 25.5 Å². The molecule has 0 bridgehead atoms. The Labute approximate surface area is 91.0 Å². The molecule has 2 N–H and O–H groups in total. The summed E-state index contributed by atoms with van der Waals surface area (Å²) in [4.78, 5) is 9.82. The first-order valence-electron chi connectivity index (χ1n) is 5.00. The van der Waals surface area contributed by atoms with Crippen LogP contribution in [0.2, 0.25) is 0 Å². The highest BCUT2D eigenvalue weighted by atomic mass is 19.1. The summed E-state index contributed by atoms with van der Waals surface area (Å²) in [5, 5.41) is 23.4. The fourth-order valence-corrected chi connectivity index (χ4v) is 1.96. The molecule has 0 radical (unpaired) electrons. The molecule has 1 aliphatic rings. The Hall–Kier alpha value is -1.69. The summed E-state index contributed by atoms with van der Waals surface area (Å²) in [6, 6.07) is 1.67. The molecule has 6 heteroatoms. The minimum atomic E-state index is -0.781. The lowest BCUT2D eigenvalue weighted by atomic mass is 10.0. The molecule has 2 rings (SSSR count). The number of phenols is 1. The number of rotatable bonds is 2. The second-order valence-electron chi connectivity index (χ2n) is 3.77. The number of nitrogens with zero attached hydrogens (tertiary/aromatic N) is 1. The Kier molecular flexibility index (Phi) is 2.74. The molecule has 0 amide bonds. The van der Waals surface area contributed by atoms with Crippen LogP contribution in [0.3, 0.4) is 0 Å². The molecule has 1 fully saturated rings. The summed E-state index contributed by atoms with van der Waals surface area (Å²) in [7, 11) is 0. The minimum Gasteiger partial charge on any atom is -0.502 e. The van der Waals surface area contributed by atoms with Crippen molar-refractivity contribution >= 4 is 5.69 Å². The predicted molar refractivity (Wildman–Crippen MR) is 54.7 cm³/mol. The predicted octanol–water partition coefficient (Wildman–Crippen LogP) is 1.86. The third kappa shape index (κ3) is 1.83. The lowest BCUT2D eigenvalue weighted by molar-refractivity contribution is -0.386. The van der Waals surface area contributed by atoms with Crippen LogP contribution in [0.25, 0.3) is 0 Å². The summed E-state index contributed by atoms with van der Waals surface area (Å²) < 4.78 is 13.2. The van der Waals surface area contributed by atoms with E-state index < -0.39 is 22.2 Å². The van der Waals surface area contributed by atoms with Gasteiger partial charge in [0, 0.05) is 11.6 Å². The van der Waals surface area contributed by atoms with Crippen molar-refractivity contribution in [3.05, 3.63) is 33.6 Å². The topological polar surface area (TPSA) is 75.4 Å². The summed E-state index contributed by atoms with van der Waals surface area (Å²) in [5.74, 6) is -1.14. The molecule has 0 aromatic heterocycles. The first-order chi connectivity index (χ1) is 7.59. The first kappa shape index (κ1) is 10.8. The van der Waals surface area contributed by atoms with Crippen molar-refractivity contribution in [3.8, 4) is 5.75 Å². The molecule has 16 heavy (non-hydrogen) atoms. The average molecular weight is 226 g/mol. The molecule has 1 saturated heterocycles. The van der Waals surface area contributed by atoms with Crippen LogP contribution >= 0.6 is 0 Å². The van der Waals surface area contributed by atoms with E-state index >= 15 is 0 Å². The van der Waals surface area contributed by atoms with Gasteiger partial charge in [-0.2, -0.15) is 0 Å². The summed E-state index contributed by atoms with van der Waals surface area (Å²) in [6.45, 7) is 0.772. The van der Waals surface area contributed by atoms with Gasteiger partial charge in [0.15, 0.2) is 5.75 Å². The lowest BCUT2D eigenvalue weighted by Gasteiger charge is -2.12. The van der Waals surface area contributed by atoms with Crippen LogP contribution in [0.5, 0.6) is 5.75 Å². The smallest absolute Gasteiger partial charge is 0.313 e. The van der Waals surface area contributed by atoms with Gasteiger partial charge in [0.2, 0.25) is 0 Å². The Morgan fingerprint density at radius 3 is 2.88 bits per heavy atom. The zero-order chi connectivity index (χ0) is 11.7. The van der Waals surface area contributed by atoms with Crippen molar-refractivity contribution in [2.24, 2.45) is 0 Å². The van der Waals surface area contributed by atoms with Gasteiger partial charge in [0.05, 0.1) is 11.0 Å². The second kappa shape index (κ2) is 4.05. The molecular formula is C10H11FN2O3. The van der Waals surface area contributed by atoms with Gasteiger partial charge >= 0.3 is 5.69 Å². The first-order valence-corrected chi connectivity index (χ1v) is 5.00. The van der Waals surface area contributed by atoms with Gasteiger partial charge < -0.3 is 10.4 Å². The fourth-order valence-electron chi connectivity index (χ4n) is 1.96. The monoisotopic (exact) mass is 226 g/mol. The number of aromatic hydroxyl groups is 1. The molecule has 1 aromatic carbocycles. The van der Waals surface area contributed by atoms with E-state index in [4.69, 9.17) is 0 Å². The molecule has 5 nitrogen and oxygen atoms in total. The maximum Gasteiger partial charge on any atom is 0.313 e. The maximum absolute atomic E-state index is 13.2. The number of halogens is 1. The van der Waals surface area contributed by atoms with Crippen LogP contribution in [0.15, 0.2) is 12.1 Å². The number of benzene rings is 1. The standard InChI is InChI=1S/C10H11FN2O3/c11-6-4-7(8-2-1-3-12-8)10(14)9(5-6)13(15)16/h4-5,8,12,14H,1-3H2. The van der Waals surface area contributed by atoms with Crippen LogP contribution in [-0.4, -0.2) is 16.6 Å². The van der Waals surface area contributed by atoms with Crippen LogP contribution in [0.4, 0.5) is 10.1 Å². The highest BCUT2D eigenvalue weighted by molar-refractivity contribution is 5.52. The number of nitro benzene ring substituents is 1. The van der Waals surface area contributed by atoms with Gasteiger partial charge in [0.25, 0.3) is 0 Å². The quantitative estimate of drug-likeness (QED) is 0.596. The van der Waals surface area contributed by atoms with Crippen molar-refractivity contribution in [1.82, 2.24) is 5.32 Å². The summed E-state index contributed by atoms with van der Waals surface area (Å²) >= 11 is 0. The fraction of sp³-hybridized carbons (Fsp3) is 0.400. The third-order valence-electron chi connectivity index (χ3n) is 2.72. The van der Waals surface area contributed by atoms with Crippen LogP contribution in [0.1, 0.15) is 24.4 Å². The number of hydrogen-bond acceptors (Lipinski definition) is 4. The van der Waals surface area contributed by atoms with E-state index in [1.165, 1.54) is 0 Å². The van der Waals surface area contributed by atoms with Gasteiger partial charge in [-0.1, -0.05) is 0 Å². The molecular weight excluding hydrogens is 215 g/mol. The van der Waals surface area contributed by atoms with Crippen LogP contribution in [0, 0.1) is 15.9 Å². The normalized spacial score (nSPS) is 19.9. The van der Waals surface area contributed by atoms with E-state index in [-0.39, 0.29) is 11.6 Å². The van der Waals surface area contributed by atoms with E-state index in [1.807, 2.05) is 0 Å². The Morgan fingerprint density at radius 1 is 1.56 bits per heavy atom. The highest BCUT2D eigenvalue weighted by Gasteiger charge is 2.26. The van der Waals surface area contributed by atoms with Crippen molar-refractivity contribution < 1.29 is 14.4 Å². The number of nitro groups is 1. The number of hydrogen-bond donors (Lipinski definition) is 2. The largest absolute Gasteiger partial charge is 0.502 e. The minimum absolute atomic E-state index is 0.200. The van der Waals surface area contributed by atoms with Crippen molar-refractivity contribution in [2.75, 3.05) is 6.54 Å². The summed E-state index contributed by atoms with van der Waals surface area (Å²) in [5.41, 5.74) is -0.312.